The van der Waals surface area contributed by atoms with Gasteiger partial charge >= 0.3 is 0 Å². The molecule has 1 saturated heterocycles. The first-order valence-electron chi connectivity index (χ1n) is 10.0. The first-order chi connectivity index (χ1) is 14.5. The molecular formula is C21H28N4O4S. The number of benzene rings is 1. The van der Waals surface area contributed by atoms with Gasteiger partial charge in [0, 0.05) is 31.4 Å². The third kappa shape index (κ3) is 6.35. The van der Waals surface area contributed by atoms with Crippen molar-refractivity contribution in [2.45, 2.75) is 32.4 Å². The number of rotatable bonds is 8. The Morgan fingerprint density at radius 1 is 1.23 bits per heavy atom. The van der Waals surface area contributed by atoms with Crippen LogP contribution >= 0.6 is 0 Å². The third-order valence-corrected chi connectivity index (χ3v) is 6.37. The Morgan fingerprint density at radius 3 is 2.67 bits per heavy atom. The molecule has 30 heavy (non-hydrogen) atoms. The maximum Gasteiger partial charge on any atom is 0.224 e. The second kappa shape index (κ2) is 10.3. The van der Waals surface area contributed by atoms with E-state index in [1.165, 1.54) is 0 Å². The molecule has 1 fully saturated rings. The van der Waals surface area contributed by atoms with Gasteiger partial charge in [-0.3, -0.25) is 4.99 Å². The zero-order chi connectivity index (χ0) is 21.4. The summed E-state index contributed by atoms with van der Waals surface area (Å²) in [7, 11) is -1.30. The minimum absolute atomic E-state index is 0.126. The molecule has 3 rings (SSSR count). The van der Waals surface area contributed by atoms with Crippen LogP contribution in [0, 0.1) is 0 Å². The van der Waals surface area contributed by atoms with Crippen LogP contribution in [-0.4, -0.2) is 50.6 Å². The van der Waals surface area contributed by atoms with Gasteiger partial charge in [0.15, 0.2) is 15.8 Å². The molecule has 0 aliphatic carbocycles. The molecule has 2 heterocycles. The van der Waals surface area contributed by atoms with Crippen molar-refractivity contribution in [1.82, 2.24) is 15.6 Å². The number of hydrogen-bond donors (Lipinski definition) is 2. The summed E-state index contributed by atoms with van der Waals surface area (Å²) in [5, 5.41) is 6.37. The number of aliphatic imine (C=N–C) groups is 1. The quantitative estimate of drug-likeness (QED) is 0.488. The number of hydrogen-bond acceptors (Lipinski definition) is 6. The molecule has 0 radical (unpaired) electrons. The van der Waals surface area contributed by atoms with Crippen LogP contribution in [0.15, 0.2) is 47.6 Å². The normalized spacial score (nSPS) is 18.1. The zero-order valence-corrected chi connectivity index (χ0v) is 18.1. The van der Waals surface area contributed by atoms with Crippen molar-refractivity contribution in [3.05, 3.63) is 48.2 Å². The molecule has 1 aromatic heterocycles. The predicted octanol–water partition coefficient (Wildman–Crippen LogP) is 2.51. The van der Waals surface area contributed by atoms with Crippen LogP contribution in [0.5, 0.6) is 17.4 Å². The van der Waals surface area contributed by atoms with E-state index in [1.807, 2.05) is 36.4 Å². The van der Waals surface area contributed by atoms with Gasteiger partial charge in [0.25, 0.3) is 0 Å². The molecule has 1 unspecified atom stereocenters. The number of sulfone groups is 1. The van der Waals surface area contributed by atoms with Gasteiger partial charge in [0.2, 0.25) is 5.88 Å². The highest BCUT2D eigenvalue weighted by molar-refractivity contribution is 7.91. The van der Waals surface area contributed by atoms with Crippen LogP contribution in [-0.2, 0) is 16.4 Å². The maximum atomic E-state index is 11.6. The van der Waals surface area contributed by atoms with Gasteiger partial charge in [-0.15, -0.1) is 0 Å². The highest BCUT2D eigenvalue weighted by atomic mass is 32.2. The van der Waals surface area contributed by atoms with E-state index in [2.05, 4.69) is 27.5 Å². The van der Waals surface area contributed by atoms with Crippen LogP contribution in [0.25, 0.3) is 0 Å². The molecule has 162 valence electrons. The topological polar surface area (TPSA) is 102 Å². The largest absolute Gasteiger partial charge is 0.494 e. The maximum absolute atomic E-state index is 11.6. The van der Waals surface area contributed by atoms with Crippen molar-refractivity contribution in [2.75, 3.05) is 25.2 Å². The van der Waals surface area contributed by atoms with Crippen LogP contribution in [0.1, 0.15) is 25.3 Å². The third-order valence-electron chi connectivity index (χ3n) is 4.60. The average Bonchev–Trinajstić information content (AvgIpc) is 3.09. The standard InChI is InChI=1S/C21H28N4O4S/c1-3-12-28-18-6-8-19(9-7-18)29-20-16(5-4-11-23-20)14-24-21(22-2)25-17-10-13-30(26,27)15-17/h4-9,11,17H,3,10,12-15H2,1-2H3,(H2,22,24,25). The molecule has 2 aromatic rings. The summed E-state index contributed by atoms with van der Waals surface area (Å²) in [6.07, 6.45) is 3.22. The summed E-state index contributed by atoms with van der Waals surface area (Å²) in [5.41, 5.74) is 0.853. The Labute approximate surface area is 177 Å². The van der Waals surface area contributed by atoms with Crippen molar-refractivity contribution in [2.24, 2.45) is 4.99 Å². The van der Waals surface area contributed by atoms with Gasteiger partial charge < -0.3 is 20.1 Å². The van der Waals surface area contributed by atoms with E-state index in [0.717, 1.165) is 17.7 Å². The average molecular weight is 433 g/mol. The molecule has 1 aromatic carbocycles. The van der Waals surface area contributed by atoms with Gasteiger partial charge in [-0.2, -0.15) is 0 Å². The highest BCUT2D eigenvalue weighted by Gasteiger charge is 2.28. The van der Waals surface area contributed by atoms with Gasteiger partial charge in [-0.1, -0.05) is 13.0 Å². The molecular weight excluding hydrogens is 404 g/mol. The molecule has 0 spiro atoms. The Bertz CT molecular complexity index is 961. The molecule has 9 heteroatoms. The lowest BCUT2D eigenvalue weighted by atomic mass is 10.2. The van der Waals surface area contributed by atoms with E-state index in [9.17, 15) is 8.42 Å². The van der Waals surface area contributed by atoms with Crippen LogP contribution in [0.3, 0.4) is 0 Å². The fourth-order valence-corrected chi connectivity index (χ4v) is 4.74. The minimum Gasteiger partial charge on any atom is -0.494 e. The number of ether oxygens (including phenoxy) is 2. The Kier molecular flexibility index (Phi) is 7.51. The second-order valence-corrected chi connectivity index (χ2v) is 9.29. The Balaban J connectivity index is 1.59. The van der Waals surface area contributed by atoms with Crippen molar-refractivity contribution < 1.29 is 17.9 Å². The van der Waals surface area contributed by atoms with Crippen LogP contribution < -0.4 is 20.1 Å². The molecule has 1 aliphatic rings. The lowest BCUT2D eigenvalue weighted by Crippen LogP contribution is -2.43. The zero-order valence-electron chi connectivity index (χ0n) is 17.3. The summed E-state index contributed by atoms with van der Waals surface area (Å²) >= 11 is 0. The highest BCUT2D eigenvalue weighted by Crippen LogP contribution is 2.25. The van der Waals surface area contributed by atoms with Crippen molar-refractivity contribution in [3.63, 3.8) is 0 Å². The number of aromatic nitrogens is 1. The van der Waals surface area contributed by atoms with E-state index in [0.29, 0.717) is 37.2 Å². The van der Waals surface area contributed by atoms with E-state index >= 15 is 0 Å². The number of nitrogens with one attached hydrogen (secondary N) is 2. The van der Waals surface area contributed by atoms with Gasteiger partial charge in [0.05, 0.1) is 18.1 Å². The Hall–Kier alpha value is -2.81. The Morgan fingerprint density at radius 2 is 2.00 bits per heavy atom. The van der Waals surface area contributed by atoms with Crippen molar-refractivity contribution in [3.8, 4) is 17.4 Å². The van der Waals surface area contributed by atoms with Gasteiger partial charge in [-0.05, 0) is 43.2 Å². The number of guanidine groups is 1. The summed E-state index contributed by atoms with van der Waals surface area (Å²) in [5.74, 6) is 2.85. The van der Waals surface area contributed by atoms with Gasteiger partial charge in [0.1, 0.15) is 11.5 Å². The fourth-order valence-electron chi connectivity index (χ4n) is 3.06. The SMILES string of the molecule is CCCOc1ccc(Oc2ncccc2CNC(=NC)NC2CCS(=O)(=O)C2)cc1. The molecule has 1 aliphatic heterocycles. The molecule has 0 saturated carbocycles. The first-order valence-corrected chi connectivity index (χ1v) is 11.8. The molecule has 2 N–H and O–H groups in total. The first kappa shape index (κ1) is 21.9. The van der Waals surface area contributed by atoms with E-state index in [-0.39, 0.29) is 17.5 Å². The minimum atomic E-state index is -2.95. The van der Waals surface area contributed by atoms with Crippen molar-refractivity contribution >= 4 is 15.8 Å². The summed E-state index contributed by atoms with van der Waals surface area (Å²) in [6, 6.07) is 11.1. The lowest BCUT2D eigenvalue weighted by molar-refractivity contribution is 0.317. The van der Waals surface area contributed by atoms with E-state index < -0.39 is 9.84 Å². The number of nitrogens with zero attached hydrogens (tertiary/aromatic N) is 2. The predicted molar refractivity (Wildman–Crippen MR) is 117 cm³/mol. The molecule has 0 amide bonds. The number of pyridine rings is 1. The van der Waals surface area contributed by atoms with Gasteiger partial charge in [-0.25, -0.2) is 13.4 Å². The summed E-state index contributed by atoms with van der Waals surface area (Å²) in [4.78, 5) is 8.53. The van der Waals surface area contributed by atoms with E-state index in [4.69, 9.17) is 9.47 Å². The van der Waals surface area contributed by atoms with Crippen LogP contribution in [0.4, 0.5) is 0 Å². The van der Waals surface area contributed by atoms with Crippen molar-refractivity contribution in [1.29, 1.82) is 0 Å². The smallest absolute Gasteiger partial charge is 0.224 e. The van der Waals surface area contributed by atoms with Crippen LogP contribution in [0.2, 0.25) is 0 Å². The molecule has 8 nitrogen and oxygen atoms in total. The molecule has 0 bridgehead atoms. The summed E-state index contributed by atoms with van der Waals surface area (Å²) < 4.78 is 34.8. The fraction of sp³-hybridized carbons (Fsp3) is 0.429. The second-order valence-electron chi connectivity index (χ2n) is 7.06. The monoisotopic (exact) mass is 432 g/mol. The molecule has 1 atom stereocenters. The van der Waals surface area contributed by atoms with E-state index in [1.54, 1.807) is 13.2 Å². The lowest BCUT2D eigenvalue weighted by Gasteiger charge is -2.17. The summed E-state index contributed by atoms with van der Waals surface area (Å²) in [6.45, 7) is 3.17.